The molecule has 82 valence electrons. The van der Waals surface area contributed by atoms with Crippen molar-refractivity contribution in [1.29, 1.82) is 0 Å². The molecule has 6 unspecified atom stereocenters. The third kappa shape index (κ3) is 1.25. The summed E-state index contributed by atoms with van der Waals surface area (Å²) >= 11 is 0. The lowest BCUT2D eigenvalue weighted by molar-refractivity contribution is 0.106. The molecule has 3 aliphatic carbocycles. The molecule has 1 nitrogen and oxygen atoms in total. The van der Waals surface area contributed by atoms with Crippen molar-refractivity contribution in [2.45, 2.75) is 38.2 Å². The highest BCUT2D eigenvalue weighted by Gasteiger charge is 2.46. The van der Waals surface area contributed by atoms with Crippen LogP contribution < -0.4 is 0 Å². The van der Waals surface area contributed by atoms with E-state index in [9.17, 15) is 0 Å². The number of fused-ring (bicyclic) bond motifs is 4. The van der Waals surface area contributed by atoms with E-state index >= 15 is 0 Å². The van der Waals surface area contributed by atoms with Gasteiger partial charge < -0.3 is 4.74 Å². The van der Waals surface area contributed by atoms with E-state index in [1.807, 2.05) is 0 Å². The SMILES string of the molecule is C1=CC2CC1CC2C1CCC2CC1CO2. The fourth-order valence-corrected chi connectivity index (χ4v) is 4.73. The highest BCUT2D eigenvalue weighted by Crippen LogP contribution is 2.53. The summed E-state index contributed by atoms with van der Waals surface area (Å²) in [4.78, 5) is 0. The lowest BCUT2D eigenvalue weighted by atomic mass is 9.69. The maximum Gasteiger partial charge on any atom is 0.0579 e. The minimum atomic E-state index is 0.639. The Kier molecular flexibility index (Phi) is 1.82. The number of hydrogen-bond acceptors (Lipinski definition) is 1. The fourth-order valence-electron chi connectivity index (χ4n) is 4.73. The zero-order valence-electron chi connectivity index (χ0n) is 9.27. The summed E-state index contributed by atoms with van der Waals surface area (Å²) in [6.45, 7) is 1.08. The van der Waals surface area contributed by atoms with Crippen LogP contribution in [-0.2, 0) is 4.74 Å². The van der Waals surface area contributed by atoms with Crippen LogP contribution in [0.1, 0.15) is 32.1 Å². The zero-order chi connectivity index (χ0) is 9.83. The highest BCUT2D eigenvalue weighted by molar-refractivity contribution is 5.12. The molecule has 0 amide bonds. The van der Waals surface area contributed by atoms with Crippen molar-refractivity contribution >= 4 is 0 Å². The number of allylic oxidation sites excluding steroid dienone is 2. The molecule has 0 N–H and O–H groups in total. The largest absolute Gasteiger partial charge is 0.378 e. The van der Waals surface area contributed by atoms with Gasteiger partial charge in [0.2, 0.25) is 0 Å². The van der Waals surface area contributed by atoms with Crippen molar-refractivity contribution in [3.05, 3.63) is 12.2 Å². The van der Waals surface area contributed by atoms with Crippen molar-refractivity contribution in [2.24, 2.45) is 29.6 Å². The quantitative estimate of drug-likeness (QED) is 0.597. The summed E-state index contributed by atoms with van der Waals surface area (Å²) < 4.78 is 5.83. The minimum absolute atomic E-state index is 0.639. The Balaban J connectivity index is 1.55. The van der Waals surface area contributed by atoms with E-state index in [1.54, 1.807) is 0 Å². The van der Waals surface area contributed by atoms with Crippen LogP contribution in [0.2, 0.25) is 0 Å². The molecule has 0 spiro atoms. The van der Waals surface area contributed by atoms with Gasteiger partial charge in [-0.1, -0.05) is 12.2 Å². The Hall–Kier alpha value is -0.300. The molecule has 1 heteroatoms. The van der Waals surface area contributed by atoms with E-state index < -0.39 is 0 Å². The smallest absolute Gasteiger partial charge is 0.0579 e. The van der Waals surface area contributed by atoms with Gasteiger partial charge in [-0.3, -0.25) is 0 Å². The molecule has 4 aliphatic rings. The van der Waals surface area contributed by atoms with Crippen LogP contribution in [-0.4, -0.2) is 12.7 Å². The second-order valence-corrected chi connectivity index (χ2v) is 6.14. The summed E-state index contributed by atoms with van der Waals surface area (Å²) in [6, 6.07) is 0. The zero-order valence-corrected chi connectivity index (χ0v) is 9.27. The molecule has 1 aliphatic heterocycles. The summed E-state index contributed by atoms with van der Waals surface area (Å²) in [5, 5.41) is 0. The third-order valence-corrected chi connectivity index (χ3v) is 5.42. The first-order valence-corrected chi connectivity index (χ1v) is 6.70. The average Bonchev–Trinajstić information content (AvgIpc) is 2.94. The topological polar surface area (TPSA) is 9.23 Å². The molecule has 4 bridgehead atoms. The summed E-state index contributed by atoms with van der Waals surface area (Å²) in [5.74, 6) is 4.83. The van der Waals surface area contributed by atoms with Gasteiger partial charge in [0.15, 0.2) is 0 Å². The first-order valence-electron chi connectivity index (χ1n) is 6.70. The third-order valence-electron chi connectivity index (χ3n) is 5.42. The predicted octanol–water partition coefficient (Wildman–Crippen LogP) is 3.01. The van der Waals surface area contributed by atoms with E-state index in [-0.39, 0.29) is 0 Å². The Bertz CT molecular complexity index is 296. The maximum absolute atomic E-state index is 5.83. The average molecular weight is 204 g/mol. The number of ether oxygens (including phenoxy) is 1. The summed E-state index contributed by atoms with van der Waals surface area (Å²) in [6.07, 6.45) is 12.8. The first kappa shape index (κ1) is 8.81. The molecule has 6 atom stereocenters. The number of rotatable bonds is 1. The Labute approximate surface area is 91.9 Å². The minimum Gasteiger partial charge on any atom is -0.378 e. The Morgan fingerprint density at radius 1 is 0.933 bits per heavy atom. The van der Waals surface area contributed by atoms with E-state index in [0.29, 0.717) is 6.10 Å². The van der Waals surface area contributed by atoms with E-state index in [1.165, 1.54) is 32.1 Å². The van der Waals surface area contributed by atoms with Crippen LogP contribution in [0.4, 0.5) is 0 Å². The van der Waals surface area contributed by atoms with Crippen molar-refractivity contribution in [3.63, 3.8) is 0 Å². The van der Waals surface area contributed by atoms with Crippen molar-refractivity contribution in [3.8, 4) is 0 Å². The first-order chi connectivity index (χ1) is 7.40. The second-order valence-electron chi connectivity index (χ2n) is 6.14. The molecule has 0 aromatic heterocycles. The van der Waals surface area contributed by atoms with Gasteiger partial charge in [-0.2, -0.15) is 0 Å². The van der Waals surface area contributed by atoms with Crippen molar-refractivity contribution in [1.82, 2.24) is 0 Å². The van der Waals surface area contributed by atoms with Gasteiger partial charge in [0.1, 0.15) is 0 Å². The van der Waals surface area contributed by atoms with Crippen LogP contribution in [0.25, 0.3) is 0 Å². The van der Waals surface area contributed by atoms with Gasteiger partial charge in [-0.25, -0.2) is 0 Å². The van der Waals surface area contributed by atoms with Crippen LogP contribution in [0.3, 0.4) is 0 Å². The Morgan fingerprint density at radius 3 is 2.73 bits per heavy atom. The standard InChI is InChI=1S/C14H20O/c1-2-10-5-9(1)6-14(10)13-4-3-12-7-11(13)8-15-12/h1-2,9-14H,3-8H2. The van der Waals surface area contributed by atoms with Crippen LogP contribution in [0, 0.1) is 29.6 Å². The van der Waals surface area contributed by atoms with Crippen LogP contribution in [0.5, 0.6) is 0 Å². The molecule has 15 heavy (non-hydrogen) atoms. The van der Waals surface area contributed by atoms with Crippen molar-refractivity contribution < 1.29 is 4.74 Å². The van der Waals surface area contributed by atoms with Crippen molar-refractivity contribution in [2.75, 3.05) is 6.61 Å². The molecule has 1 saturated heterocycles. The summed E-state index contributed by atoms with van der Waals surface area (Å²) in [5.41, 5.74) is 0. The number of hydrogen-bond donors (Lipinski definition) is 0. The predicted molar refractivity (Wildman–Crippen MR) is 59.4 cm³/mol. The lowest BCUT2D eigenvalue weighted by Gasteiger charge is -2.35. The van der Waals surface area contributed by atoms with E-state index in [0.717, 1.165) is 36.2 Å². The normalized spacial score (nSPS) is 56.5. The van der Waals surface area contributed by atoms with Gasteiger partial charge in [0.25, 0.3) is 0 Å². The fraction of sp³-hybridized carbons (Fsp3) is 0.857. The molecule has 0 aromatic rings. The monoisotopic (exact) mass is 204 g/mol. The van der Waals surface area contributed by atoms with Gasteiger partial charge in [-0.15, -0.1) is 0 Å². The molecule has 1 heterocycles. The molecule has 3 fully saturated rings. The van der Waals surface area contributed by atoms with Gasteiger partial charge in [0, 0.05) is 0 Å². The lowest BCUT2D eigenvalue weighted by Crippen LogP contribution is -2.30. The molecule has 0 aromatic carbocycles. The Morgan fingerprint density at radius 2 is 1.93 bits per heavy atom. The molecule has 2 saturated carbocycles. The van der Waals surface area contributed by atoms with Gasteiger partial charge in [-0.05, 0) is 61.7 Å². The van der Waals surface area contributed by atoms with Gasteiger partial charge >= 0.3 is 0 Å². The van der Waals surface area contributed by atoms with Crippen LogP contribution >= 0.6 is 0 Å². The molecule has 0 radical (unpaired) electrons. The molecular formula is C14H20O. The van der Waals surface area contributed by atoms with Crippen LogP contribution in [0.15, 0.2) is 12.2 Å². The second kappa shape index (κ2) is 3.10. The maximum atomic E-state index is 5.83. The summed E-state index contributed by atoms with van der Waals surface area (Å²) in [7, 11) is 0. The molecular weight excluding hydrogens is 184 g/mol. The van der Waals surface area contributed by atoms with E-state index in [4.69, 9.17) is 4.74 Å². The van der Waals surface area contributed by atoms with Gasteiger partial charge in [0.05, 0.1) is 12.7 Å². The highest BCUT2D eigenvalue weighted by atomic mass is 16.5. The molecule has 4 rings (SSSR count). The van der Waals surface area contributed by atoms with E-state index in [2.05, 4.69) is 12.2 Å².